The first-order chi connectivity index (χ1) is 14.9. The molecule has 0 aliphatic carbocycles. The number of aromatic nitrogens is 4. The summed E-state index contributed by atoms with van der Waals surface area (Å²) in [4.78, 5) is 23.1. The Kier molecular flexibility index (Phi) is 6.20. The molecular weight excluding hydrogens is 416 g/mol. The SMILES string of the molecule is CN1CCC(OC(=O)c2cccc(Cc3cn(C)nc3-c3cc(Cl)nc(N)n3)c2)CC1. The van der Waals surface area contributed by atoms with Crippen LogP contribution in [0, 0.1) is 0 Å². The molecule has 2 N–H and O–H groups in total. The summed E-state index contributed by atoms with van der Waals surface area (Å²) >= 11 is 6.04. The Morgan fingerprint density at radius 3 is 2.74 bits per heavy atom. The largest absolute Gasteiger partial charge is 0.459 e. The number of nitrogens with zero attached hydrogens (tertiary/aromatic N) is 5. The lowest BCUT2D eigenvalue weighted by Gasteiger charge is -2.28. The van der Waals surface area contributed by atoms with E-state index >= 15 is 0 Å². The summed E-state index contributed by atoms with van der Waals surface area (Å²) in [7, 11) is 3.92. The number of piperidine rings is 1. The number of benzene rings is 1. The smallest absolute Gasteiger partial charge is 0.338 e. The van der Waals surface area contributed by atoms with E-state index in [1.165, 1.54) is 0 Å². The molecule has 0 amide bonds. The summed E-state index contributed by atoms with van der Waals surface area (Å²) in [6.45, 7) is 1.89. The van der Waals surface area contributed by atoms with Gasteiger partial charge >= 0.3 is 5.97 Å². The van der Waals surface area contributed by atoms with E-state index in [0.717, 1.165) is 37.1 Å². The van der Waals surface area contributed by atoms with Crippen molar-refractivity contribution in [3.05, 3.63) is 58.4 Å². The lowest BCUT2D eigenvalue weighted by atomic mass is 10.0. The van der Waals surface area contributed by atoms with Gasteiger partial charge in [-0.3, -0.25) is 4.68 Å². The molecule has 8 nitrogen and oxygen atoms in total. The average Bonchev–Trinajstić information content (AvgIpc) is 3.09. The maximum atomic E-state index is 12.7. The second kappa shape index (κ2) is 9.03. The molecule has 31 heavy (non-hydrogen) atoms. The lowest BCUT2D eigenvalue weighted by Crippen LogP contribution is -2.35. The Bertz CT molecular complexity index is 1070. The van der Waals surface area contributed by atoms with Crippen LogP contribution in [0.5, 0.6) is 0 Å². The Hall–Kier alpha value is -2.97. The number of esters is 1. The molecule has 162 valence electrons. The third kappa shape index (κ3) is 5.21. The molecule has 0 unspecified atom stereocenters. The standard InChI is InChI=1S/C22H25ClN6O2/c1-28-8-6-17(7-9-28)31-21(30)15-5-3-4-14(10-15)11-16-13-29(2)27-20(16)18-12-19(23)26-22(24)25-18/h3-5,10,12-13,17H,6-9,11H2,1-2H3,(H2,24,25,26). The highest BCUT2D eigenvalue weighted by Gasteiger charge is 2.21. The first kappa shape index (κ1) is 21.3. The van der Waals surface area contributed by atoms with Crippen LogP contribution in [0.4, 0.5) is 5.95 Å². The fourth-order valence-corrected chi connectivity index (χ4v) is 3.98. The minimum atomic E-state index is -0.279. The molecule has 0 bridgehead atoms. The molecule has 0 radical (unpaired) electrons. The van der Waals surface area contributed by atoms with Gasteiger partial charge in [-0.1, -0.05) is 23.7 Å². The van der Waals surface area contributed by atoms with Crippen LogP contribution < -0.4 is 5.73 Å². The number of carbonyl (C=O) groups excluding carboxylic acids is 1. The van der Waals surface area contributed by atoms with Gasteiger partial charge in [0.1, 0.15) is 17.0 Å². The highest BCUT2D eigenvalue weighted by molar-refractivity contribution is 6.29. The first-order valence-electron chi connectivity index (χ1n) is 10.2. The minimum absolute atomic E-state index is 0.0229. The fourth-order valence-electron chi connectivity index (χ4n) is 3.79. The molecule has 0 saturated carbocycles. The van der Waals surface area contributed by atoms with Crippen molar-refractivity contribution in [2.45, 2.75) is 25.4 Å². The van der Waals surface area contributed by atoms with Gasteiger partial charge in [-0.2, -0.15) is 5.10 Å². The molecule has 1 saturated heterocycles. The van der Waals surface area contributed by atoms with E-state index in [0.29, 0.717) is 23.4 Å². The number of carbonyl (C=O) groups is 1. The molecule has 4 rings (SSSR count). The van der Waals surface area contributed by atoms with Gasteiger partial charge in [0.2, 0.25) is 5.95 Å². The monoisotopic (exact) mass is 440 g/mol. The zero-order chi connectivity index (χ0) is 22.0. The van der Waals surface area contributed by atoms with Gasteiger partial charge in [-0.25, -0.2) is 14.8 Å². The number of nitrogen functional groups attached to an aromatic ring is 1. The second-order valence-electron chi connectivity index (χ2n) is 7.90. The van der Waals surface area contributed by atoms with Gasteiger partial charge < -0.3 is 15.4 Å². The summed E-state index contributed by atoms with van der Waals surface area (Å²) in [5.41, 5.74) is 9.45. The number of rotatable bonds is 5. The summed E-state index contributed by atoms with van der Waals surface area (Å²) in [5.74, 6) is -0.184. The quantitative estimate of drug-likeness (QED) is 0.481. The van der Waals surface area contributed by atoms with Crippen LogP contribution in [0.2, 0.25) is 5.15 Å². The van der Waals surface area contributed by atoms with Crippen molar-refractivity contribution in [3.63, 3.8) is 0 Å². The van der Waals surface area contributed by atoms with Crippen molar-refractivity contribution in [1.82, 2.24) is 24.6 Å². The van der Waals surface area contributed by atoms with E-state index in [1.807, 2.05) is 31.4 Å². The van der Waals surface area contributed by atoms with Crippen LogP contribution in [0.3, 0.4) is 0 Å². The van der Waals surface area contributed by atoms with Crippen molar-refractivity contribution in [2.75, 3.05) is 25.9 Å². The molecule has 1 fully saturated rings. The van der Waals surface area contributed by atoms with E-state index < -0.39 is 0 Å². The molecule has 0 spiro atoms. The van der Waals surface area contributed by atoms with Gasteiger partial charge in [0.15, 0.2) is 0 Å². The third-order valence-corrected chi connectivity index (χ3v) is 5.55. The number of hydrogen-bond donors (Lipinski definition) is 1. The van der Waals surface area contributed by atoms with Crippen molar-refractivity contribution >= 4 is 23.5 Å². The molecule has 0 atom stereocenters. The molecular formula is C22H25ClN6O2. The molecule has 3 aromatic rings. The van der Waals surface area contributed by atoms with Crippen LogP contribution >= 0.6 is 11.6 Å². The highest BCUT2D eigenvalue weighted by Crippen LogP contribution is 2.25. The average molecular weight is 441 g/mol. The number of ether oxygens (including phenoxy) is 1. The van der Waals surface area contributed by atoms with Gasteiger partial charge in [0.25, 0.3) is 0 Å². The topological polar surface area (TPSA) is 99.2 Å². The summed E-state index contributed by atoms with van der Waals surface area (Å²) < 4.78 is 7.44. The maximum absolute atomic E-state index is 12.7. The van der Waals surface area contributed by atoms with Crippen LogP contribution in [-0.2, 0) is 18.2 Å². The Morgan fingerprint density at radius 1 is 1.23 bits per heavy atom. The number of halogens is 1. The third-order valence-electron chi connectivity index (χ3n) is 5.36. The Balaban J connectivity index is 1.52. The summed E-state index contributed by atoms with van der Waals surface area (Å²) in [6, 6.07) is 9.14. The van der Waals surface area contributed by atoms with Crippen LogP contribution in [-0.4, -0.2) is 56.9 Å². The van der Waals surface area contributed by atoms with E-state index in [2.05, 4.69) is 27.0 Å². The van der Waals surface area contributed by atoms with E-state index in [4.69, 9.17) is 22.1 Å². The molecule has 3 heterocycles. The van der Waals surface area contributed by atoms with E-state index in [-0.39, 0.29) is 23.2 Å². The van der Waals surface area contributed by atoms with Crippen LogP contribution in [0.15, 0.2) is 36.5 Å². The number of hydrogen-bond acceptors (Lipinski definition) is 7. The van der Waals surface area contributed by atoms with Crippen LogP contribution in [0.25, 0.3) is 11.4 Å². The van der Waals surface area contributed by atoms with Gasteiger partial charge in [-0.15, -0.1) is 0 Å². The summed E-state index contributed by atoms with van der Waals surface area (Å²) in [6.07, 6.45) is 4.20. The Morgan fingerprint density at radius 2 is 2.00 bits per heavy atom. The molecule has 1 aromatic carbocycles. The van der Waals surface area contributed by atoms with Crippen molar-refractivity contribution in [1.29, 1.82) is 0 Å². The summed E-state index contributed by atoms with van der Waals surface area (Å²) in [5, 5.41) is 4.78. The van der Waals surface area contributed by atoms with Crippen molar-refractivity contribution < 1.29 is 9.53 Å². The molecule has 9 heteroatoms. The molecule has 1 aliphatic heterocycles. The predicted octanol–water partition coefficient (Wildman–Crippen LogP) is 2.95. The van der Waals surface area contributed by atoms with E-state index in [1.54, 1.807) is 16.8 Å². The maximum Gasteiger partial charge on any atom is 0.338 e. The first-order valence-corrected chi connectivity index (χ1v) is 10.6. The molecule has 2 aromatic heterocycles. The second-order valence-corrected chi connectivity index (χ2v) is 8.28. The minimum Gasteiger partial charge on any atom is -0.459 e. The zero-order valence-corrected chi connectivity index (χ0v) is 18.3. The number of nitrogens with two attached hydrogens (primary N) is 1. The fraction of sp³-hybridized carbons (Fsp3) is 0.364. The van der Waals surface area contributed by atoms with Crippen molar-refractivity contribution in [2.24, 2.45) is 7.05 Å². The predicted molar refractivity (Wildman–Crippen MR) is 119 cm³/mol. The Labute approximate surface area is 186 Å². The van der Waals surface area contributed by atoms with Crippen LogP contribution in [0.1, 0.15) is 34.3 Å². The number of anilines is 1. The van der Waals surface area contributed by atoms with Gasteiger partial charge in [-0.05, 0) is 37.6 Å². The van der Waals surface area contributed by atoms with Gasteiger partial charge in [0.05, 0.1) is 11.3 Å². The van der Waals surface area contributed by atoms with E-state index in [9.17, 15) is 4.79 Å². The number of aryl methyl sites for hydroxylation is 1. The highest BCUT2D eigenvalue weighted by atomic mass is 35.5. The lowest BCUT2D eigenvalue weighted by molar-refractivity contribution is 0.0139. The molecule has 1 aliphatic rings. The normalized spacial score (nSPS) is 15.2. The zero-order valence-electron chi connectivity index (χ0n) is 17.6. The number of likely N-dealkylation sites (tertiary alicyclic amines) is 1. The van der Waals surface area contributed by atoms with Crippen molar-refractivity contribution in [3.8, 4) is 11.4 Å². The van der Waals surface area contributed by atoms with Gasteiger partial charge in [0, 0.05) is 44.4 Å².